The minimum atomic E-state index is -0.351. The van der Waals surface area contributed by atoms with Gasteiger partial charge in [-0.3, -0.25) is 0 Å². The summed E-state index contributed by atoms with van der Waals surface area (Å²) in [7, 11) is 0. The molecule has 0 aliphatic heterocycles. The van der Waals surface area contributed by atoms with Crippen molar-refractivity contribution in [1.29, 1.82) is 0 Å². The van der Waals surface area contributed by atoms with Crippen LogP contribution in [0.5, 0.6) is 5.75 Å². The molecule has 0 amide bonds. The van der Waals surface area contributed by atoms with E-state index in [4.69, 9.17) is 10.5 Å². The molecule has 74 valence electrons. The molecule has 0 bridgehead atoms. The lowest BCUT2D eigenvalue weighted by molar-refractivity contribution is 0.327. The Hall–Kier alpha value is -1.69. The van der Waals surface area contributed by atoms with Gasteiger partial charge in [0.15, 0.2) is 0 Å². The Morgan fingerprint density at radius 1 is 1.50 bits per heavy atom. The van der Waals surface area contributed by atoms with Crippen molar-refractivity contribution in [2.75, 3.05) is 12.3 Å². The Labute approximate surface area is 82.9 Å². The highest BCUT2D eigenvalue weighted by Gasteiger charge is 2.00. The van der Waals surface area contributed by atoms with Gasteiger partial charge in [-0.1, -0.05) is 0 Å². The molecule has 14 heavy (non-hydrogen) atoms. The number of hydrogen-bond donors (Lipinski definition) is 1. The van der Waals surface area contributed by atoms with Crippen molar-refractivity contribution >= 4 is 5.69 Å². The number of anilines is 1. The molecule has 2 N–H and O–H groups in total. The summed E-state index contributed by atoms with van der Waals surface area (Å²) in [6, 6.07) is 4.05. The summed E-state index contributed by atoms with van der Waals surface area (Å²) in [4.78, 5) is 0. The fourth-order valence-corrected chi connectivity index (χ4v) is 0.970. The number of ether oxygens (including phenoxy) is 1. The van der Waals surface area contributed by atoms with Gasteiger partial charge in [-0.05, 0) is 19.1 Å². The molecule has 2 nitrogen and oxygen atoms in total. The molecule has 0 saturated carbocycles. The summed E-state index contributed by atoms with van der Waals surface area (Å²) in [5, 5.41) is 0. The smallest absolute Gasteiger partial charge is 0.145 e. The van der Waals surface area contributed by atoms with Gasteiger partial charge in [-0.25, -0.2) is 4.39 Å². The highest BCUT2D eigenvalue weighted by atomic mass is 19.1. The maximum absolute atomic E-state index is 12.8. The van der Waals surface area contributed by atoms with Gasteiger partial charge in [0.05, 0.1) is 12.3 Å². The second kappa shape index (κ2) is 5.13. The van der Waals surface area contributed by atoms with Gasteiger partial charge in [-0.15, -0.1) is 11.8 Å². The zero-order valence-electron chi connectivity index (χ0n) is 8.01. The average molecular weight is 193 g/mol. The number of nitrogen functional groups attached to an aromatic ring is 1. The summed E-state index contributed by atoms with van der Waals surface area (Å²) < 4.78 is 18.0. The zero-order chi connectivity index (χ0) is 10.4. The van der Waals surface area contributed by atoms with Crippen molar-refractivity contribution in [2.45, 2.75) is 13.3 Å². The van der Waals surface area contributed by atoms with E-state index >= 15 is 0 Å². The molecule has 1 aromatic rings. The van der Waals surface area contributed by atoms with Gasteiger partial charge >= 0.3 is 0 Å². The van der Waals surface area contributed by atoms with Crippen LogP contribution in [-0.2, 0) is 0 Å². The number of nitrogens with two attached hydrogens (primary N) is 1. The molecule has 0 saturated heterocycles. The van der Waals surface area contributed by atoms with E-state index < -0.39 is 0 Å². The standard InChI is InChI=1S/C11H12FNO/c1-2-3-4-7-14-11-8-9(12)5-6-10(11)13/h5-6,8H,4,7,13H2,1H3. The average Bonchev–Trinajstić information content (AvgIpc) is 2.18. The largest absolute Gasteiger partial charge is 0.490 e. The van der Waals surface area contributed by atoms with E-state index in [2.05, 4.69) is 11.8 Å². The molecular weight excluding hydrogens is 181 g/mol. The van der Waals surface area contributed by atoms with Gasteiger partial charge in [0.1, 0.15) is 11.6 Å². The number of benzene rings is 1. The van der Waals surface area contributed by atoms with Crippen molar-refractivity contribution in [3.63, 3.8) is 0 Å². The van der Waals surface area contributed by atoms with Crippen molar-refractivity contribution < 1.29 is 9.13 Å². The van der Waals surface area contributed by atoms with Crippen LogP contribution >= 0.6 is 0 Å². The fraction of sp³-hybridized carbons (Fsp3) is 0.273. The van der Waals surface area contributed by atoms with Crippen LogP contribution in [0, 0.1) is 17.7 Å². The Morgan fingerprint density at radius 2 is 2.29 bits per heavy atom. The van der Waals surface area contributed by atoms with Gasteiger partial charge in [0.2, 0.25) is 0 Å². The van der Waals surface area contributed by atoms with Gasteiger partial charge < -0.3 is 10.5 Å². The Morgan fingerprint density at radius 3 is 3.00 bits per heavy atom. The summed E-state index contributed by atoms with van der Waals surface area (Å²) in [5.74, 6) is 5.61. The molecule has 0 fully saturated rings. The van der Waals surface area contributed by atoms with Gasteiger partial charge in [0.25, 0.3) is 0 Å². The van der Waals surface area contributed by atoms with Crippen LogP contribution in [0.2, 0.25) is 0 Å². The first-order valence-corrected chi connectivity index (χ1v) is 4.31. The number of rotatable bonds is 3. The number of hydrogen-bond acceptors (Lipinski definition) is 2. The second-order valence-electron chi connectivity index (χ2n) is 2.71. The predicted molar refractivity (Wildman–Crippen MR) is 54.4 cm³/mol. The molecule has 0 heterocycles. The summed E-state index contributed by atoms with van der Waals surface area (Å²) >= 11 is 0. The highest BCUT2D eigenvalue weighted by Crippen LogP contribution is 2.21. The Balaban J connectivity index is 2.56. The van der Waals surface area contributed by atoms with Crippen molar-refractivity contribution in [3.8, 4) is 17.6 Å². The molecule has 0 aromatic heterocycles. The van der Waals surface area contributed by atoms with Crippen LogP contribution < -0.4 is 10.5 Å². The van der Waals surface area contributed by atoms with Crippen LogP contribution in [0.4, 0.5) is 10.1 Å². The quantitative estimate of drug-likeness (QED) is 0.453. The molecule has 1 rings (SSSR count). The summed E-state index contributed by atoms with van der Waals surface area (Å²) in [6.07, 6.45) is 0.618. The zero-order valence-corrected chi connectivity index (χ0v) is 8.01. The maximum Gasteiger partial charge on any atom is 0.145 e. The van der Waals surface area contributed by atoms with Crippen LogP contribution in [0.3, 0.4) is 0 Å². The van der Waals surface area contributed by atoms with Crippen LogP contribution in [0.1, 0.15) is 13.3 Å². The first-order chi connectivity index (χ1) is 6.74. The SMILES string of the molecule is CC#CCCOc1cc(F)ccc1N. The fourth-order valence-electron chi connectivity index (χ4n) is 0.970. The predicted octanol–water partition coefficient (Wildman–Crippen LogP) is 2.20. The van der Waals surface area contributed by atoms with Gasteiger partial charge in [-0.2, -0.15) is 0 Å². The van der Waals surface area contributed by atoms with Crippen LogP contribution in [-0.4, -0.2) is 6.61 Å². The third kappa shape index (κ3) is 2.98. The Kier molecular flexibility index (Phi) is 3.81. The molecule has 0 unspecified atom stereocenters. The summed E-state index contributed by atoms with van der Waals surface area (Å²) in [5.41, 5.74) is 6.02. The number of halogens is 1. The second-order valence-corrected chi connectivity index (χ2v) is 2.71. The van der Waals surface area contributed by atoms with E-state index in [0.29, 0.717) is 24.5 Å². The van der Waals surface area contributed by atoms with Crippen molar-refractivity contribution in [1.82, 2.24) is 0 Å². The molecule has 0 atom stereocenters. The van der Waals surface area contributed by atoms with E-state index in [-0.39, 0.29) is 5.82 Å². The molecule has 3 heteroatoms. The van der Waals surface area contributed by atoms with E-state index in [9.17, 15) is 4.39 Å². The minimum absolute atomic E-state index is 0.351. The first kappa shape index (κ1) is 10.4. The first-order valence-electron chi connectivity index (χ1n) is 4.31. The molecule has 0 aliphatic rings. The van der Waals surface area contributed by atoms with Crippen molar-refractivity contribution in [2.24, 2.45) is 0 Å². The third-order valence-electron chi connectivity index (χ3n) is 1.64. The van der Waals surface area contributed by atoms with Crippen LogP contribution in [0.25, 0.3) is 0 Å². The molecule has 0 spiro atoms. The lowest BCUT2D eigenvalue weighted by Gasteiger charge is -2.06. The minimum Gasteiger partial charge on any atom is -0.490 e. The normalized spacial score (nSPS) is 9.00. The Bertz CT molecular complexity index is 365. The highest BCUT2D eigenvalue weighted by molar-refractivity contribution is 5.52. The van der Waals surface area contributed by atoms with E-state index in [1.54, 1.807) is 6.92 Å². The summed E-state index contributed by atoms with van der Waals surface area (Å²) in [6.45, 7) is 2.19. The lowest BCUT2D eigenvalue weighted by Crippen LogP contribution is -1.99. The van der Waals surface area contributed by atoms with Crippen molar-refractivity contribution in [3.05, 3.63) is 24.0 Å². The monoisotopic (exact) mass is 193 g/mol. The maximum atomic E-state index is 12.8. The van der Waals surface area contributed by atoms with Crippen LogP contribution in [0.15, 0.2) is 18.2 Å². The van der Waals surface area contributed by atoms with E-state index in [1.165, 1.54) is 18.2 Å². The molecule has 1 aromatic carbocycles. The third-order valence-corrected chi connectivity index (χ3v) is 1.64. The molecule has 0 aliphatic carbocycles. The molecule has 0 radical (unpaired) electrons. The van der Waals surface area contributed by atoms with E-state index in [1.807, 2.05) is 0 Å². The molecular formula is C11H12FNO. The van der Waals surface area contributed by atoms with E-state index in [0.717, 1.165) is 0 Å². The lowest BCUT2D eigenvalue weighted by atomic mass is 10.3. The topological polar surface area (TPSA) is 35.2 Å². The van der Waals surface area contributed by atoms with Gasteiger partial charge in [0, 0.05) is 12.5 Å².